The largest absolute Gasteiger partial charge is 0.427 e. The van der Waals surface area contributed by atoms with Gasteiger partial charge in [-0.1, -0.05) is 55.8 Å². The summed E-state index contributed by atoms with van der Waals surface area (Å²) in [5.74, 6) is 0.912. The van der Waals surface area contributed by atoms with Gasteiger partial charge < -0.3 is 13.3 Å². The van der Waals surface area contributed by atoms with Crippen molar-refractivity contribution in [3.05, 3.63) is 64.7 Å². The molecule has 0 saturated carbocycles. The Balaban J connectivity index is 1.59. The van der Waals surface area contributed by atoms with Crippen molar-refractivity contribution in [3.63, 3.8) is 0 Å². The lowest BCUT2D eigenvalue weighted by molar-refractivity contribution is -0.138. The Morgan fingerprint density at radius 3 is 2.39 bits per heavy atom. The van der Waals surface area contributed by atoms with Gasteiger partial charge in [0.05, 0.1) is 6.42 Å². The van der Waals surface area contributed by atoms with E-state index in [0.717, 1.165) is 23.4 Å². The summed E-state index contributed by atoms with van der Waals surface area (Å²) in [6, 6.07) is 14.9. The van der Waals surface area contributed by atoms with E-state index in [-0.39, 0.29) is 24.2 Å². The minimum Gasteiger partial charge on any atom is -0.427 e. The van der Waals surface area contributed by atoms with Crippen LogP contribution in [0.3, 0.4) is 0 Å². The van der Waals surface area contributed by atoms with Crippen molar-refractivity contribution < 1.29 is 12.7 Å². The standard InChI is InChI=1S/C24H28ClIN2O3/c1-16(2)23(27-22(29)15-19-5-3-4-6-21(19)31-26)24(30)28-13-11-18(12-14-28)17-7-9-20(25)10-8-17/h3-10,16,18,23H,11-15H2,1-2H3,(H,27,29)/t23-/m1/s1. The molecule has 1 aliphatic rings. The third kappa shape index (κ3) is 6.35. The zero-order chi connectivity index (χ0) is 22.4. The van der Waals surface area contributed by atoms with Crippen LogP contribution in [0.25, 0.3) is 0 Å². The smallest absolute Gasteiger partial charge is 0.245 e. The molecule has 0 aromatic heterocycles. The number of carbonyl (C=O) groups excluding carboxylic acids is 2. The minimum absolute atomic E-state index is 0.00140. The van der Waals surface area contributed by atoms with Crippen LogP contribution < -0.4 is 8.38 Å². The first kappa shape index (κ1) is 23.9. The maximum absolute atomic E-state index is 13.2. The molecule has 1 heterocycles. The third-order valence-corrected chi connectivity index (χ3v) is 6.53. The predicted molar refractivity (Wildman–Crippen MR) is 132 cm³/mol. The molecule has 0 spiro atoms. The van der Waals surface area contributed by atoms with Crippen molar-refractivity contribution in [3.8, 4) is 5.75 Å². The van der Waals surface area contributed by atoms with Gasteiger partial charge in [0.1, 0.15) is 11.8 Å². The summed E-state index contributed by atoms with van der Waals surface area (Å²) in [7, 11) is 0. The van der Waals surface area contributed by atoms with Crippen molar-refractivity contribution >= 4 is 46.4 Å². The van der Waals surface area contributed by atoms with E-state index in [1.54, 1.807) is 0 Å². The highest BCUT2D eigenvalue weighted by molar-refractivity contribution is 14.1. The number of carbonyl (C=O) groups is 2. The van der Waals surface area contributed by atoms with E-state index in [1.165, 1.54) is 5.56 Å². The van der Waals surface area contributed by atoms with E-state index in [0.29, 0.717) is 24.8 Å². The van der Waals surface area contributed by atoms with Crippen molar-refractivity contribution in [1.29, 1.82) is 0 Å². The fourth-order valence-electron chi connectivity index (χ4n) is 4.00. The number of nitrogens with one attached hydrogen (secondary N) is 1. The monoisotopic (exact) mass is 554 g/mol. The van der Waals surface area contributed by atoms with Crippen LogP contribution in [0.4, 0.5) is 0 Å². The van der Waals surface area contributed by atoms with Gasteiger partial charge in [0.15, 0.2) is 23.0 Å². The molecule has 0 radical (unpaired) electrons. The maximum atomic E-state index is 13.2. The molecule has 0 unspecified atom stereocenters. The number of benzene rings is 2. The highest BCUT2D eigenvalue weighted by atomic mass is 127. The van der Waals surface area contributed by atoms with Crippen LogP contribution in [-0.2, 0) is 16.0 Å². The summed E-state index contributed by atoms with van der Waals surface area (Å²) in [6.07, 6.45) is 1.99. The Labute approximate surface area is 203 Å². The summed E-state index contributed by atoms with van der Waals surface area (Å²) in [5, 5.41) is 3.70. The van der Waals surface area contributed by atoms with E-state index < -0.39 is 6.04 Å². The molecule has 1 atom stereocenters. The zero-order valence-electron chi connectivity index (χ0n) is 17.8. The second-order valence-electron chi connectivity index (χ2n) is 8.30. The summed E-state index contributed by atoms with van der Waals surface area (Å²) >= 11 is 7.80. The fraction of sp³-hybridized carbons (Fsp3) is 0.417. The zero-order valence-corrected chi connectivity index (χ0v) is 20.7. The first-order valence-electron chi connectivity index (χ1n) is 10.6. The highest BCUT2D eigenvalue weighted by Gasteiger charge is 2.31. The number of likely N-dealkylation sites (tertiary alicyclic amines) is 1. The average molecular weight is 555 g/mol. The molecule has 3 rings (SSSR count). The minimum atomic E-state index is -0.535. The molecule has 1 saturated heterocycles. The third-order valence-electron chi connectivity index (χ3n) is 5.80. The molecule has 0 bridgehead atoms. The maximum Gasteiger partial charge on any atom is 0.245 e. The normalized spacial score (nSPS) is 15.6. The number of hydrogen-bond donors (Lipinski definition) is 1. The lowest BCUT2D eigenvalue weighted by Crippen LogP contribution is -2.53. The van der Waals surface area contributed by atoms with Crippen LogP contribution in [-0.4, -0.2) is 35.8 Å². The van der Waals surface area contributed by atoms with Crippen molar-refractivity contribution in [2.45, 2.75) is 45.1 Å². The van der Waals surface area contributed by atoms with Gasteiger partial charge in [0.2, 0.25) is 11.8 Å². The van der Waals surface area contributed by atoms with Crippen LogP contribution in [0.1, 0.15) is 43.7 Å². The molecular formula is C24H28ClIN2O3. The van der Waals surface area contributed by atoms with Crippen LogP contribution >= 0.6 is 34.6 Å². The molecule has 7 heteroatoms. The van der Waals surface area contributed by atoms with Crippen molar-refractivity contribution in [2.24, 2.45) is 5.92 Å². The number of halogens is 2. The Bertz CT molecular complexity index is 896. The van der Waals surface area contributed by atoms with Gasteiger partial charge in [-0.3, -0.25) is 9.59 Å². The number of hydrogen-bond acceptors (Lipinski definition) is 3. The van der Waals surface area contributed by atoms with Gasteiger partial charge in [0, 0.05) is 23.7 Å². The number of piperidine rings is 1. The molecule has 2 amide bonds. The molecule has 166 valence electrons. The molecule has 1 N–H and O–H groups in total. The fourth-order valence-corrected chi connectivity index (χ4v) is 4.56. The molecule has 0 aliphatic carbocycles. The van der Waals surface area contributed by atoms with Gasteiger partial charge in [-0.05, 0) is 48.4 Å². The summed E-state index contributed by atoms with van der Waals surface area (Å²) < 4.78 is 5.30. The van der Waals surface area contributed by atoms with Crippen molar-refractivity contribution in [2.75, 3.05) is 13.1 Å². The Kier molecular flexibility index (Phi) is 8.60. The molecule has 1 fully saturated rings. The molecule has 2 aromatic carbocycles. The number of rotatable bonds is 7. The first-order valence-corrected chi connectivity index (χ1v) is 11.8. The van der Waals surface area contributed by atoms with Crippen LogP contribution in [0.2, 0.25) is 5.02 Å². The average Bonchev–Trinajstić information content (AvgIpc) is 2.78. The molecule has 5 nitrogen and oxygen atoms in total. The lowest BCUT2D eigenvalue weighted by Gasteiger charge is -2.35. The van der Waals surface area contributed by atoms with Gasteiger partial charge >= 0.3 is 0 Å². The Morgan fingerprint density at radius 2 is 1.77 bits per heavy atom. The summed E-state index contributed by atoms with van der Waals surface area (Å²) in [4.78, 5) is 27.8. The van der Waals surface area contributed by atoms with E-state index in [9.17, 15) is 9.59 Å². The van der Waals surface area contributed by atoms with Gasteiger partial charge in [-0.25, -0.2) is 0 Å². The van der Waals surface area contributed by atoms with E-state index >= 15 is 0 Å². The summed E-state index contributed by atoms with van der Waals surface area (Å²) in [6.45, 7) is 5.31. The molecular weight excluding hydrogens is 527 g/mol. The van der Waals surface area contributed by atoms with Crippen LogP contribution in [0, 0.1) is 5.92 Å². The van der Waals surface area contributed by atoms with E-state index in [1.807, 2.05) is 78.2 Å². The van der Waals surface area contributed by atoms with Gasteiger partial charge in [-0.15, -0.1) is 0 Å². The molecule has 1 aliphatic heterocycles. The predicted octanol–water partition coefficient (Wildman–Crippen LogP) is 5.16. The second kappa shape index (κ2) is 11.2. The molecule has 31 heavy (non-hydrogen) atoms. The molecule has 2 aromatic rings. The highest BCUT2D eigenvalue weighted by Crippen LogP contribution is 2.29. The Hall–Kier alpha value is -1.80. The van der Waals surface area contributed by atoms with Gasteiger partial charge in [-0.2, -0.15) is 0 Å². The topological polar surface area (TPSA) is 58.6 Å². The lowest BCUT2D eigenvalue weighted by atomic mass is 9.89. The second-order valence-corrected chi connectivity index (χ2v) is 9.18. The first-order chi connectivity index (χ1) is 14.9. The van der Waals surface area contributed by atoms with Crippen molar-refractivity contribution in [1.82, 2.24) is 10.2 Å². The SMILES string of the molecule is CC(C)[C@@H](NC(=O)Cc1ccccc1OI)C(=O)N1CCC(c2ccc(Cl)cc2)CC1. The van der Waals surface area contributed by atoms with E-state index in [2.05, 4.69) is 17.4 Å². The van der Waals surface area contributed by atoms with Gasteiger partial charge in [0.25, 0.3) is 0 Å². The number of para-hydroxylation sites is 1. The van der Waals surface area contributed by atoms with Crippen LogP contribution in [0.5, 0.6) is 5.75 Å². The quantitative estimate of drug-likeness (QED) is 0.481. The number of amides is 2. The van der Waals surface area contributed by atoms with E-state index in [4.69, 9.17) is 14.7 Å². The van der Waals surface area contributed by atoms with Crippen LogP contribution in [0.15, 0.2) is 48.5 Å². The summed E-state index contributed by atoms with van der Waals surface area (Å²) in [5.41, 5.74) is 2.06. The Morgan fingerprint density at radius 1 is 1.13 bits per heavy atom. The number of nitrogens with zero attached hydrogens (tertiary/aromatic N) is 1.